The molecule has 0 fully saturated rings. The zero-order chi connectivity index (χ0) is 24.7. The number of unbranched alkanes of at least 4 members (excludes halogenated alkanes) is 1. The van der Waals surface area contributed by atoms with Crippen LogP contribution in [0.25, 0.3) is 0 Å². The number of carbonyl (C=O) groups excluding carboxylic acids is 3. The van der Waals surface area contributed by atoms with Crippen molar-refractivity contribution in [2.45, 2.75) is 56.3 Å². The summed E-state index contributed by atoms with van der Waals surface area (Å²) in [7, 11) is 0. The number of nitrogens with two attached hydrogens (primary N) is 2. The van der Waals surface area contributed by atoms with E-state index in [2.05, 4.69) is 28.6 Å². The van der Waals surface area contributed by atoms with Crippen LogP contribution in [-0.4, -0.2) is 88.3 Å². The lowest BCUT2D eigenvalue weighted by atomic mass is 10.1. The Hall–Kier alpha value is -2.03. The first-order valence-electron chi connectivity index (χ1n) is 9.98. The molecule has 0 spiro atoms. The van der Waals surface area contributed by atoms with Crippen LogP contribution in [0.15, 0.2) is 0 Å². The van der Waals surface area contributed by atoms with Gasteiger partial charge in [-0.2, -0.15) is 24.4 Å². The summed E-state index contributed by atoms with van der Waals surface area (Å²) in [5, 5.41) is 25.4. The summed E-state index contributed by atoms with van der Waals surface area (Å²) in [5.41, 5.74) is 11.1. The molecule has 184 valence electrons. The van der Waals surface area contributed by atoms with Crippen molar-refractivity contribution in [1.82, 2.24) is 16.0 Å². The third-order valence-electron chi connectivity index (χ3n) is 4.35. The fraction of sp³-hybridized carbons (Fsp3) is 0.722. The van der Waals surface area contributed by atoms with Gasteiger partial charge in [-0.05, 0) is 44.2 Å². The Morgan fingerprint density at radius 3 is 1.97 bits per heavy atom. The molecule has 0 radical (unpaired) electrons. The molecule has 0 aliphatic rings. The highest BCUT2D eigenvalue weighted by Gasteiger charge is 2.31. The van der Waals surface area contributed by atoms with Crippen molar-refractivity contribution in [1.29, 1.82) is 0 Å². The monoisotopic (exact) mass is 495 g/mol. The molecule has 0 aromatic carbocycles. The minimum absolute atomic E-state index is 0.0413. The van der Waals surface area contributed by atoms with Gasteiger partial charge in [-0.15, -0.1) is 0 Å². The van der Waals surface area contributed by atoms with Gasteiger partial charge in [0.1, 0.15) is 18.1 Å². The molecule has 0 heterocycles. The van der Waals surface area contributed by atoms with E-state index < -0.39 is 60.2 Å². The fourth-order valence-electron chi connectivity index (χ4n) is 2.54. The van der Waals surface area contributed by atoms with E-state index in [0.717, 1.165) is 0 Å². The summed E-state index contributed by atoms with van der Waals surface area (Å²) in [4.78, 5) is 60.0. The molecule has 32 heavy (non-hydrogen) atoms. The lowest BCUT2D eigenvalue weighted by Crippen LogP contribution is -2.57. The van der Waals surface area contributed by atoms with Crippen LogP contribution in [-0.2, 0) is 24.0 Å². The van der Waals surface area contributed by atoms with Gasteiger partial charge in [0.15, 0.2) is 0 Å². The molecule has 14 heteroatoms. The fourth-order valence-corrected chi connectivity index (χ4v) is 3.18. The van der Waals surface area contributed by atoms with Gasteiger partial charge in [0, 0.05) is 5.75 Å². The molecule has 9 N–H and O–H groups in total. The number of aliphatic carboxylic acids is 2. The molecule has 0 saturated heterocycles. The van der Waals surface area contributed by atoms with E-state index in [1.54, 1.807) is 6.26 Å². The Balaban J connectivity index is 5.42. The first-order valence-corrected chi connectivity index (χ1v) is 12.0. The largest absolute Gasteiger partial charge is 0.481 e. The number of hydrogen-bond donors (Lipinski definition) is 8. The van der Waals surface area contributed by atoms with Gasteiger partial charge >= 0.3 is 11.9 Å². The van der Waals surface area contributed by atoms with Gasteiger partial charge in [0.2, 0.25) is 17.7 Å². The Morgan fingerprint density at radius 2 is 1.47 bits per heavy atom. The summed E-state index contributed by atoms with van der Waals surface area (Å²) < 4.78 is 0. The molecule has 0 aliphatic carbocycles. The van der Waals surface area contributed by atoms with Crippen LogP contribution < -0.4 is 27.4 Å². The Bertz CT molecular complexity index is 653. The summed E-state index contributed by atoms with van der Waals surface area (Å²) >= 11 is 5.32. The highest BCUT2D eigenvalue weighted by molar-refractivity contribution is 7.98. The van der Waals surface area contributed by atoms with Gasteiger partial charge in [-0.3, -0.25) is 19.2 Å². The quantitative estimate of drug-likeness (QED) is 0.0831. The van der Waals surface area contributed by atoms with Gasteiger partial charge in [0.05, 0.1) is 12.5 Å². The van der Waals surface area contributed by atoms with Gasteiger partial charge < -0.3 is 37.6 Å². The summed E-state index contributed by atoms with van der Waals surface area (Å²) in [5.74, 6) is -4.53. The van der Waals surface area contributed by atoms with E-state index in [-0.39, 0.29) is 18.6 Å². The summed E-state index contributed by atoms with van der Waals surface area (Å²) in [6.45, 7) is 0.370. The number of thiol groups is 1. The van der Waals surface area contributed by atoms with Crippen LogP contribution in [0.1, 0.15) is 32.1 Å². The molecule has 0 rings (SSSR count). The maximum atomic E-state index is 12.8. The number of amides is 3. The smallest absolute Gasteiger partial charge is 0.326 e. The molecule has 4 atom stereocenters. The molecule has 4 unspecified atom stereocenters. The molecule has 12 nitrogen and oxygen atoms in total. The number of nitrogens with one attached hydrogen (secondary N) is 3. The highest BCUT2D eigenvalue weighted by Crippen LogP contribution is 2.06. The second kappa shape index (κ2) is 16.6. The van der Waals surface area contributed by atoms with Gasteiger partial charge in [-0.1, -0.05) is 0 Å². The topological polar surface area (TPSA) is 214 Å². The number of thioether (sulfide) groups is 1. The SMILES string of the molecule is CSCCC(NC(=O)C(CC(=O)O)NC(=O)C(CCCCN)NC(=O)C(N)CS)C(=O)O. The van der Waals surface area contributed by atoms with Crippen LogP contribution in [0.3, 0.4) is 0 Å². The average molecular weight is 496 g/mol. The number of carbonyl (C=O) groups is 5. The molecule has 3 amide bonds. The highest BCUT2D eigenvalue weighted by atomic mass is 32.2. The average Bonchev–Trinajstić information content (AvgIpc) is 2.73. The summed E-state index contributed by atoms with van der Waals surface area (Å²) in [6.07, 6.45) is 2.36. The van der Waals surface area contributed by atoms with E-state index in [0.29, 0.717) is 25.1 Å². The molecule has 0 aliphatic heterocycles. The number of carboxylic acid groups (broad SMARTS) is 2. The molecule has 0 aromatic heterocycles. The van der Waals surface area contributed by atoms with E-state index in [1.807, 2.05) is 0 Å². The van der Waals surface area contributed by atoms with Crippen molar-refractivity contribution < 1.29 is 34.2 Å². The maximum absolute atomic E-state index is 12.8. The number of hydrogen-bond acceptors (Lipinski definition) is 9. The minimum atomic E-state index is -1.54. The van der Waals surface area contributed by atoms with Crippen LogP contribution in [0.2, 0.25) is 0 Å². The normalized spacial score (nSPS) is 14.5. The number of carboxylic acids is 2. The van der Waals surface area contributed by atoms with Crippen molar-refractivity contribution in [2.24, 2.45) is 11.5 Å². The predicted molar refractivity (Wildman–Crippen MR) is 123 cm³/mol. The maximum Gasteiger partial charge on any atom is 0.326 e. The van der Waals surface area contributed by atoms with Crippen molar-refractivity contribution in [3.63, 3.8) is 0 Å². The van der Waals surface area contributed by atoms with Crippen LogP contribution in [0.4, 0.5) is 0 Å². The third-order valence-corrected chi connectivity index (χ3v) is 5.39. The van der Waals surface area contributed by atoms with E-state index >= 15 is 0 Å². The molecule has 0 bridgehead atoms. The lowest BCUT2D eigenvalue weighted by molar-refractivity contribution is -0.143. The first kappa shape index (κ1) is 30.0. The van der Waals surface area contributed by atoms with Crippen molar-refractivity contribution in [3.05, 3.63) is 0 Å². The zero-order valence-corrected chi connectivity index (χ0v) is 19.6. The van der Waals surface area contributed by atoms with Crippen molar-refractivity contribution in [3.8, 4) is 0 Å². The molecule has 0 saturated carbocycles. The van der Waals surface area contributed by atoms with E-state index in [4.69, 9.17) is 16.6 Å². The standard InChI is InChI=1S/C18H33N5O7S2/c1-32-7-5-12(18(29)30)22-17(28)13(8-14(24)25)23-16(27)11(4-2-3-6-19)21-15(26)10(20)9-31/h10-13,31H,2-9,19-20H2,1H3,(H,21,26)(H,22,28)(H,23,27)(H,24,25)(H,29,30). The van der Waals surface area contributed by atoms with Crippen LogP contribution >= 0.6 is 24.4 Å². The lowest BCUT2D eigenvalue weighted by Gasteiger charge is -2.24. The molecular weight excluding hydrogens is 462 g/mol. The minimum Gasteiger partial charge on any atom is -0.481 e. The van der Waals surface area contributed by atoms with Crippen molar-refractivity contribution in [2.75, 3.05) is 24.3 Å². The number of rotatable bonds is 17. The summed E-state index contributed by atoms with van der Waals surface area (Å²) in [6, 6.07) is -4.83. The van der Waals surface area contributed by atoms with Crippen LogP contribution in [0.5, 0.6) is 0 Å². The van der Waals surface area contributed by atoms with Gasteiger partial charge in [-0.25, -0.2) is 4.79 Å². The second-order valence-corrected chi connectivity index (χ2v) is 8.33. The van der Waals surface area contributed by atoms with Gasteiger partial charge in [0.25, 0.3) is 0 Å². The van der Waals surface area contributed by atoms with Crippen LogP contribution in [0, 0.1) is 0 Å². The van der Waals surface area contributed by atoms with E-state index in [1.165, 1.54) is 11.8 Å². The Morgan fingerprint density at radius 1 is 0.906 bits per heavy atom. The Kier molecular flexibility index (Phi) is 15.5. The molecule has 0 aromatic rings. The van der Waals surface area contributed by atoms with Crippen molar-refractivity contribution >= 4 is 54.1 Å². The second-order valence-electron chi connectivity index (χ2n) is 6.97. The van der Waals surface area contributed by atoms with E-state index in [9.17, 15) is 29.1 Å². The first-order chi connectivity index (χ1) is 15.1. The molecular formula is C18H33N5O7S2. The Labute approximate surface area is 196 Å². The zero-order valence-electron chi connectivity index (χ0n) is 17.9. The predicted octanol–water partition coefficient (Wildman–Crippen LogP) is -1.86. The third kappa shape index (κ3) is 12.1.